The molecule has 3 aliphatic rings. The lowest BCUT2D eigenvalue weighted by Gasteiger charge is -2.52. The molecule has 240 valence electrons. The van der Waals surface area contributed by atoms with Crippen molar-refractivity contribution in [1.29, 1.82) is 0 Å². The molecule has 1 saturated carbocycles. The van der Waals surface area contributed by atoms with E-state index in [-0.39, 0.29) is 33.8 Å². The fourth-order valence-corrected chi connectivity index (χ4v) is 9.09. The number of benzene rings is 1. The van der Waals surface area contributed by atoms with E-state index >= 15 is 0 Å². The molecule has 0 heterocycles. The molecule has 0 unspecified atom stereocenters. The van der Waals surface area contributed by atoms with Crippen molar-refractivity contribution in [3.8, 4) is 11.5 Å². The van der Waals surface area contributed by atoms with Crippen LogP contribution in [-0.4, -0.2) is 29.3 Å². The Bertz CT molecular complexity index is 1370. The van der Waals surface area contributed by atoms with Crippen LogP contribution in [0.2, 0.25) is 0 Å². The molecule has 6 nitrogen and oxygen atoms in total. The third-order valence-electron chi connectivity index (χ3n) is 11.7. The Balaban J connectivity index is 1.62. The number of hydrogen-bond acceptors (Lipinski definition) is 5. The molecule has 0 bridgehead atoms. The zero-order valence-electron chi connectivity index (χ0n) is 27.2. The van der Waals surface area contributed by atoms with Gasteiger partial charge in [-0.05, 0) is 137 Å². The number of phenols is 1. The minimum atomic E-state index is -4.66. The quantitative estimate of drug-likeness (QED) is 0.180. The molecule has 1 aromatic rings. The Kier molecular flexibility index (Phi) is 10.0. The van der Waals surface area contributed by atoms with Crippen LogP contribution >= 0.6 is 0 Å². The van der Waals surface area contributed by atoms with E-state index in [1.807, 2.05) is 0 Å². The van der Waals surface area contributed by atoms with Gasteiger partial charge in [-0.15, -0.1) is 0 Å². The van der Waals surface area contributed by atoms with Crippen molar-refractivity contribution in [2.75, 3.05) is 0 Å². The van der Waals surface area contributed by atoms with Crippen molar-refractivity contribution in [3.05, 3.63) is 58.7 Å². The van der Waals surface area contributed by atoms with Gasteiger partial charge in [0.15, 0.2) is 0 Å². The molecular formula is C36H54O6S. The lowest BCUT2D eigenvalue weighted by atomic mass is 9.53. The average Bonchev–Trinajstić information content (AvgIpc) is 2.90. The number of hydrogen-bond donors (Lipinski definition) is 3. The van der Waals surface area contributed by atoms with E-state index in [0.29, 0.717) is 23.8 Å². The van der Waals surface area contributed by atoms with Crippen molar-refractivity contribution in [2.45, 2.75) is 125 Å². The maximum atomic E-state index is 11.3. The van der Waals surface area contributed by atoms with Crippen LogP contribution in [0.1, 0.15) is 118 Å². The van der Waals surface area contributed by atoms with Crippen molar-refractivity contribution in [2.24, 2.45) is 28.1 Å². The van der Waals surface area contributed by atoms with Crippen LogP contribution in [0.4, 0.5) is 0 Å². The molecule has 3 N–H and O–H groups in total. The second-order valence-electron chi connectivity index (χ2n) is 14.8. The minimum Gasteiger partial charge on any atom is -0.508 e. The molecule has 1 aromatic carbocycles. The fraction of sp³-hybridized carbons (Fsp3) is 0.667. The number of phenolic OH excluding ortho intramolecular Hbond substituents is 1. The molecule has 1 fully saturated rings. The van der Waals surface area contributed by atoms with E-state index < -0.39 is 10.4 Å². The van der Waals surface area contributed by atoms with Crippen molar-refractivity contribution >= 4 is 10.4 Å². The first-order valence-corrected chi connectivity index (χ1v) is 17.6. The van der Waals surface area contributed by atoms with Crippen LogP contribution in [0, 0.1) is 28.1 Å². The minimum absolute atomic E-state index is 0.00687. The largest absolute Gasteiger partial charge is 0.508 e. The van der Waals surface area contributed by atoms with E-state index in [4.69, 9.17) is 4.18 Å². The van der Waals surface area contributed by atoms with Crippen LogP contribution in [0.25, 0.3) is 0 Å². The van der Waals surface area contributed by atoms with E-state index in [2.05, 4.69) is 54.2 Å². The summed E-state index contributed by atoms with van der Waals surface area (Å²) in [5.74, 6) is 0.767. The topological polar surface area (TPSA) is 104 Å². The summed E-state index contributed by atoms with van der Waals surface area (Å²) >= 11 is 0. The second-order valence-corrected chi connectivity index (χ2v) is 15.9. The van der Waals surface area contributed by atoms with Gasteiger partial charge in [-0.1, -0.05) is 62.6 Å². The molecule has 7 heteroatoms. The molecule has 0 aromatic heterocycles. The summed E-state index contributed by atoms with van der Waals surface area (Å²) in [5.41, 5.74) is 5.99. The van der Waals surface area contributed by atoms with Gasteiger partial charge in [0.05, 0.1) is 6.10 Å². The molecule has 0 aliphatic heterocycles. The molecule has 43 heavy (non-hydrogen) atoms. The molecule has 4 rings (SSSR count). The highest BCUT2D eigenvalue weighted by atomic mass is 32.3. The molecular weight excluding hydrogens is 560 g/mol. The molecule has 0 radical (unpaired) electrons. The number of aliphatic hydroxyl groups excluding tert-OH is 1. The summed E-state index contributed by atoms with van der Waals surface area (Å²) in [6.07, 6.45) is 13.7. The molecule has 6 atom stereocenters. The second kappa shape index (κ2) is 12.7. The predicted octanol–water partition coefficient (Wildman–Crippen LogP) is 8.90. The Labute approximate surface area is 260 Å². The number of rotatable bonds is 10. The Morgan fingerprint density at radius 1 is 1.09 bits per heavy atom. The number of aromatic hydroxyl groups is 1. The predicted molar refractivity (Wildman–Crippen MR) is 173 cm³/mol. The van der Waals surface area contributed by atoms with Crippen LogP contribution in [0.5, 0.6) is 11.5 Å². The summed E-state index contributed by atoms with van der Waals surface area (Å²) in [5, 5.41) is 22.0. The first-order chi connectivity index (χ1) is 20.0. The zero-order chi connectivity index (χ0) is 31.8. The molecule has 0 saturated heterocycles. The Morgan fingerprint density at radius 2 is 1.81 bits per heavy atom. The lowest BCUT2D eigenvalue weighted by molar-refractivity contribution is -0.0306. The summed E-state index contributed by atoms with van der Waals surface area (Å²) in [6, 6.07) is 4.33. The van der Waals surface area contributed by atoms with Gasteiger partial charge < -0.3 is 14.4 Å². The summed E-state index contributed by atoms with van der Waals surface area (Å²) in [6.45, 7) is 18.1. The van der Waals surface area contributed by atoms with Crippen molar-refractivity contribution in [1.82, 2.24) is 0 Å². The van der Waals surface area contributed by atoms with Gasteiger partial charge in [-0.2, -0.15) is 8.42 Å². The highest BCUT2D eigenvalue weighted by Gasteiger charge is 2.48. The number of aliphatic hydroxyl groups is 1. The average molecular weight is 615 g/mol. The summed E-state index contributed by atoms with van der Waals surface area (Å²) in [4.78, 5) is 0. The summed E-state index contributed by atoms with van der Waals surface area (Å²) in [7, 11) is -4.66. The molecule has 3 aliphatic carbocycles. The fourth-order valence-electron chi connectivity index (χ4n) is 8.74. The van der Waals surface area contributed by atoms with Gasteiger partial charge in [0.25, 0.3) is 0 Å². The Morgan fingerprint density at radius 3 is 2.49 bits per heavy atom. The third-order valence-corrected chi connectivity index (χ3v) is 12.1. The van der Waals surface area contributed by atoms with E-state index in [0.717, 1.165) is 70.6 Å². The maximum absolute atomic E-state index is 11.3. The van der Waals surface area contributed by atoms with Gasteiger partial charge in [-0.25, -0.2) is 0 Å². The van der Waals surface area contributed by atoms with E-state index in [9.17, 15) is 23.2 Å². The zero-order valence-corrected chi connectivity index (χ0v) is 28.0. The third kappa shape index (κ3) is 7.26. The number of allylic oxidation sites excluding steroid dienone is 5. The van der Waals surface area contributed by atoms with Gasteiger partial charge in [0.1, 0.15) is 11.5 Å². The highest BCUT2D eigenvalue weighted by molar-refractivity contribution is 7.81. The SMILES string of the molecule is C=C1CC[C@H](O)[C@@](C)(CCC=C(C)C)[C@@H]1CC[C@]1(C)CCCC2=C1CC[C@H](C)[C@@]2(C)Cc1cc(OS(=O)(=O)O)ccc1O. The first kappa shape index (κ1) is 33.8. The standard InChI is InChI=1S/C36H54O6S/c1-24(2)10-8-20-35(6)29(25(3)12-17-33(35)38)18-21-34(5)19-9-11-31-30(34)15-13-26(4)36(31,7)23-27-22-28(14-16-32(27)37)42-43(39,40)41/h10,14,16,22,26,29,33,37-38H,3,8-9,11-13,15,17-21,23H2,1-2,4-7H3,(H,39,40,41)/t26-,29+,33-,34-,35-,36+/m0/s1. The monoisotopic (exact) mass is 614 g/mol. The summed E-state index contributed by atoms with van der Waals surface area (Å²) < 4.78 is 36.6. The van der Waals surface area contributed by atoms with Gasteiger partial charge in [0.2, 0.25) is 0 Å². The smallest absolute Gasteiger partial charge is 0.446 e. The van der Waals surface area contributed by atoms with Crippen LogP contribution < -0.4 is 4.18 Å². The van der Waals surface area contributed by atoms with E-state index in [1.54, 1.807) is 5.57 Å². The van der Waals surface area contributed by atoms with Gasteiger partial charge >= 0.3 is 10.4 Å². The lowest BCUT2D eigenvalue weighted by Crippen LogP contribution is -2.44. The Hall–Kier alpha value is -2.09. The first-order valence-electron chi connectivity index (χ1n) is 16.2. The van der Waals surface area contributed by atoms with Crippen molar-refractivity contribution in [3.63, 3.8) is 0 Å². The normalized spacial score (nSPS) is 33.2. The van der Waals surface area contributed by atoms with Crippen LogP contribution in [0.3, 0.4) is 0 Å². The maximum Gasteiger partial charge on any atom is 0.446 e. The van der Waals surface area contributed by atoms with Crippen LogP contribution in [0.15, 0.2) is 53.1 Å². The van der Waals surface area contributed by atoms with E-state index in [1.165, 1.54) is 34.9 Å². The van der Waals surface area contributed by atoms with Crippen LogP contribution in [-0.2, 0) is 16.8 Å². The molecule has 0 spiro atoms. The molecule has 0 amide bonds. The van der Waals surface area contributed by atoms with Gasteiger partial charge in [0, 0.05) is 5.41 Å². The van der Waals surface area contributed by atoms with Gasteiger partial charge in [-0.3, -0.25) is 4.55 Å². The van der Waals surface area contributed by atoms with Crippen molar-refractivity contribution < 1.29 is 27.4 Å². The highest BCUT2D eigenvalue weighted by Crippen LogP contribution is 2.59.